The molecule has 4 heteroatoms. The molecule has 1 heterocycles. The molecular weight excluding hydrogens is 280 g/mol. The van der Waals surface area contributed by atoms with Crippen molar-refractivity contribution in [1.29, 1.82) is 0 Å². The van der Waals surface area contributed by atoms with E-state index in [9.17, 15) is 4.79 Å². The molecule has 2 rings (SSSR count). The Labute approximate surface area is 130 Å². The number of rotatable bonds is 6. The second-order valence-corrected chi connectivity index (χ2v) is 6.26. The Kier molecular flexibility index (Phi) is 5.53. The molecule has 0 saturated heterocycles. The molecule has 1 amide bonds. The molecule has 2 aromatic rings. The molecule has 3 nitrogen and oxygen atoms in total. The molecule has 1 N–H and O–H groups in total. The summed E-state index contributed by atoms with van der Waals surface area (Å²) in [4.78, 5) is 15.6. The van der Waals surface area contributed by atoms with Gasteiger partial charge in [0.05, 0.1) is 6.54 Å². The van der Waals surface area contributed by atoms with Crippen LogP contribution >= 0.6 is 11.3 Å². The van der Waals surface area contributed by atoms with Crippen molar-refractivity contribution in [2.75, 3.05) is 18.4 Å². The fourth-order valence-electron chi connectivity index (χ4n) is 2.13. The van der Waals surface area contributed by atoms with Crippen LogP contribution < -0.4 is 5.32 Å². The third kappa shape index (κ3) is 4.69. The van der Waals surface area contributed by atoms with Crippen LogP contribution in [0.1, 0.15) is 22.9 Å². The van der Waals surface area contributed by atoms with E-state index in [4.69, 9.17) is 0 Å². The van der Waals surface area contributed by atoms with Crippen LogP contribution in [0.25, 0.3) is 0 Å². The third-order valence-electron chi connectivity index (χ3n) is 3.56. The van der Waals surface area contributed by atoms with Crippen LogP contribution in [0.15, 0.2) is 35.7 Å². The standard InChI is InChI=1S/C17H22N2OS/c1-4-19(11-16-6-5-9-21-16)12-17(20)18-15-8-7-13(2)14(3)10-15/h5-10H,4,11-12H2,1-3H3,(H,18,20). The zero-order valence-corrected chi connectivity index (χ0v) is 13.7. The molecular formula is C17H22N2OS. The lowest BCUT2D eigenvalue weighted by Gasteiger charge is -2.19. The van der Waals surface area contributed by atoms with Gasteiger partial charge in [-0.1, -0.05) is 19.1 Å². The van der Waals surface area contributed by atoms with Gasteiger partial charge in [0.15, 0.2) is 0 Å². The maximum Gasteiger partial charge on any atom is 0.238 e. The quantitative estimate of drug-likeness (QED) is 0.879. The van der Waals surface area contributed by atoms with E-state index in [1.165, 1.54) is 16.0 Å². The lowest BCUT2D eigenvalue weighted by Crippen LogP contribution is -2.32. The summed E-state index contributed by atoms with van der Waals surface area (Å²) in [5.41, 5.74) is 3.30. The van der Waals surface area contributed by atoms with Crippen molar-refractivity contribution in [2.24, 2.45) is 0 Å². The Morgan fingerprint density at radius 3 is 2.67 bits per heavy atom. The summed E-state index contributed by atoms with van der Waals surface area (Å²) in [6.07, 6.45) is 0. The monoisotopic (exact) mass is 302 g/mol. The summed E-state index contributed by atoms with van der Waals surface area (Å²) in [5, 5.41) is 5.04. The molecule has 0 unspecified atom stereocenters. The van der Waals surface area contributed by atoms with Crippen LogP contribution in [-0.4, -0.2) is 23.9 Å². The number of carbonyl (C=O) groups excluding carboxylic acids is 1. The number of hydrogen-bond donors (Lipinski definition) is 1. The van der Waals surface area contributed by atoms with E-state index < -0.39 is 0 Å². The number of nitrogens with one attached hydrogen (secondary N) is 1. The molecule has 0 saturated carbocycles. The van der Waals surface area contributed by atoms with Gasteiger partial charge in [-0.25, -0.2) is 0 Å². The molecule has 0 bridgehead atoms. The minimum atomic E-state index is 0.0386. The molecule has 21 heavy (non-hydrogen) atoms. The fourth-order valence-corrected chi connectivity index (χ4v) is 2.87. The van der Waals surface area contributed by atoms with Crippen molar-refractivity contribution in [1.82, 2.24) is 4.90 Å². The number of benzene rings is 1. The normalized spacial score (nSPS) is 10.9. The zero-order valence-electron chi connectivity index (χ0n) is 12.8. The first-order valence-electron chi connectivity index (χ1n) is 7.20. The van der Waals surface area contributed by atoms with E-state index >= 15 is 0 Å². The maximum atomic E-state index is 12.2. The molecule has 1 aromatic heterocycles. The second kappa shape index (κ2) is 7.38. The first kappa shape index (κ1) is 15.7. The second-order valence-electron chi connectivity index (χ2n) is 5.23. The van der Waals surface area contributed by atoms with E-state index in [0.717, 1.165) is 18.8 Å². The number of amides is 1. The first-order chi connectivity index (χ1) is 10.1. The van der Waals surface area contributed by atoms with Gasteiger partial charge in [0.2, 0.25) is 5.91 Å². The van der Waals surface area contributed by atoms with Crippen molar-refractivity contribution in [2.45, 2.75) is 27.3 Å². The number of likely N-dealkylation sites (N-methyl/N-ethyl adjacent to an activating group) is 1. The van der Waals surface area contributed by atoms with Crippen molar-refractivity contribution in [3.05, 3.63) is 51.7 Å². The van der Waals surface area contributed by atoms with Gasteiger partial charge in [-0.05, 0) is 55.1 Å². The highest BCUT2D eigenvalue weighted by molar-refractivity contribution is 7.09. The Balaban J connectivity index is 1.91. The first-order valence-corrected chi connectivity index (χ1v) is 8.08. The van der Waals surface area contributed by atoms with Crippen LogP contribution in [0.4, 0.5) is 5.69 Å². The highest BCUT2D eigenvalue weighted by atomic mass is 32.1. The Hall–Kier alpha value is -1.65. The summed E-state index contributed by atoms with van der Waals surface area (Å²) in [6.45, 7) is 8.31. The third-order valence-corrected chi connectivity index (χ3v) is 4.43. The molecule has 0 spiro atoms. The number of nitrogens with zero attached hydrogens (tertiary/aromatic N) is 1. The zero-order chi connectivity index (χ0) is 15.2. The number of carbonyl (C=O) groups is 1. The average molecular weight is 302 g/mol. The molecule has 0 atom stereocenters. The van der Waals surface area contributed by atoms with Crippen LogP contribution in [0.2, 0.25) is 0 Å². The number of hydrogen-bond acceptors (Lipinski definition) is 3. The summed E-state index contributed by atoms with van der Waals surface area (Å²) >= 11 is 1.73. The average Bonchev–Trinajstić information content (AvgIpc) is 2.95. The van der Waals surface area contributed by atoms with Crippen molar-refractivity contribution >= 4 is 22.9 Å². The predicted octanol–water partition coefficient (Wildman–Crippen LogP) is 3.83. The molecule has 0 aliphatic heterocycles. The van der Waals surface area contributed by atoms with Crippen LogP contribution in [0.5, 0.6) is 0 Å². The Morgan fingerprint density at radius 1 is 1.24 bits per heavy atom. The predicted molar refractivity (Wildman–Crippen MR) is 89.8 cm³/mol. The fraction of sp³-hybridized carbons (Fsp3) is 0.353. The molecule has 0 aliphatic rings. The summed E-state index contributed by atoms with van der Waals surface area (Å²) in [7, 11) is 0. The highest BCUT2D eigenvalue weighted by Gasteiger charge is 2.10. The van der Waals surface area contributed by atoms with Crippen molar-refractivity contribution in [3.63, 3.8) is 0 Å². The number of aryl methyl sites for hydroxylation is 2. The number of thiophene rings is 1. The van der Waals surface area contributed by atoms with E-state index in [1.54, 1.807) is 11.3 Å². The summed E-state index contributed by atoms with van der Waals surface area (Å²) < 4.78 is 0. The van der Waals surface area contributed by atoms with Crippen LogP contribution in [0.3, 0.4) is 0 Å². The largest absolute Gasteiger partial charge is 0.325 e. The number of anilines is 1. The van der Waals surface area contributed by atoms with Gasteiger partial charge in [-0.15, -0.1) is 11.3 Å². The Morgan fingerprint density at radius 2 is 2.05 bits per heavy atom. The van der Waals surface area contributed by atoms with Gasteiger partial charge in [-0.2, -0.15) is 0 Å². The highest BCUT2D eigenvalue weighted by Crippen LogP contribution is 2.15. The van der Waals surface area contributed by atoms with Gasteiger partial charge in [0.25, 0.3) is 0 Å². The van der Waals surface area contributed by atoms with Crippen LogP contribution in [0, 0.1) is 13.8 Å². The molecule has 0 fully saturated rings. The summed E-state index contributed by atoms with van der Waals surface area (Å²) in [5.74, 6) is 0.0386. The van der Waals surface area contributed by atoms with Crippen molar-refractivity contribution in [3.8, 4) is 0 Å². The minimum Gasteiger partial charge on any atom is -0.325 e. The van der Waals surface area contributed by atoms with E-state index in [-0.39, 0.29) is 5.91 Å². The lowest BCUT2D eigenvalue weighted by atomic mass is 10.1. The summed E-state index contributed by atoms with van der Waals surface area (Å²) in [6, 6.07) is 10.2. The van der Waals surface area contributed by atoms with E-state index in [0.29, 0.717) is 6.54 Å². The minimum absolute atomic E-state index is 0.0386. The van der Waals surface area contributed by atoms with E-state index in [2.05, 4.69) is 42.4 Å². The van der Waals surface area contributed by atoms with Gasteiger partial charge in [0.1, 0.15) is 0 Å². The SMILES string of the molecule is CCN(CC(=O)Nc1ccc(C)c(C)c1)Cc1cccs1. The maximum absolute atomic E-state index is 12.2. The van der Waals surface area contributed by atoms with Gasteiger partial charge in [0, 0.05) is 17.1 Å². The van der Waals surface area contributed by atoms with Gasteiger partial charge in [-0.3, -0.25) is 9.69 Å². The molecule has 1 aromatic carbocycles. The Bertz CT molecular complexity index is 593. The van der Waals surface area contributed by atoms with Gasteiger partial charge < -0.3 is 5.32 Å². The molecule has 112 valence electrons. The topological polar surface area (TPSA) is 32.3 Å². The smallest absolute Gasteiger partial charge is 0.238 e. The lowest BCUT2D eigenvalue weighted by molar-refractivity contribution is -0.117. The molecule has 0 aliphatic carbocycles. The van der Waals surface area contributed by atoms with Crippen LogP contribution in [-0.2, 0) is 11.3 Å². The van der Waals surface area contributed by atoms with Gasteiger partial charge >= 0.3 is 0 Å². The molecule has 0 radical (unpaired) electrons. The van der Waals surface area contributed by atoms with E-state index in [1.807, 2.05) is 24.3 Å². The van der Waals surface area contributed by atoms with Crippen molar-refractivity contribution < 1.29 is 4.79 Å².